The summed E-state index contributed by atoms with van der Waals surface area (Å²) in [6, 6.07) is 0. The van der Waals surface area contributed by atoms with E-state index in [9.17, 15) is 0 Å². The molecule has 0 aliphatic heterocycles. The topological polar surface area (TPSA) is 6.48 Å². The van der Waals surface area contributed by atoms with Crippen LogP contribution >= 0.6 is 46.0 Å². The van der Waals surface area contributed by atoms with Crippen molar-refractivity contribution < 1.29 is 0 Å². The molecule has 0 aliphatic carbocycles. The van der Waals surface area contributed by atoms with Gasteiger partial charge in [-0.25, -0.2) is 0 Å². The molecule has 0 aromatic heterocycles. The van der Waals surface area contributed by atoms with Crippen LogP contribution in [0.5, 0.6) is 0 Å². The molecule has 0 N–H and O–H groups in total. The second kappa shape index (κ2) is 9.35. The Kier molecular flexibility index (Phi) is 12.6. The molecule has 7 heteroatoms. The summed E-state index contributed by atoms with van der Waals surface area (Å²) in [4.78, 5) is 3.79. The van der Waals surface area contributed by atoms with E-state index in [2.05, 4.69) is 0 Å². The predicted octanol–water partition coefficient (Wildman–Crippen LogP) is 1.41. The van der Waals surface area contributed by atoms with Crippen LogP contribution in [0.3, 0.4) is 0 Å². The molecule has 0 amide bonds. The first-order chi connectivity index (χ1) is 5.45. The Balaban J connectivity index is 0. The Morgan fingerprint density at radius 2 is 1.08 bits per heavy atom. The fraction of sp³-hybridized carbons (Fsp3) is 0.667. The number of hydrogen-bond acceptors (Lipinski definition) is 4. The van der Waals surface area contributed by atoms with E-state index in [0.29, 0.717) is 0 Å². The van der Waals surface area contributed by atoms with E-state index in [4.69, 9.17) is 24.4 Å². The van der Waals surface area contributed by atoms with E-state index in [1.807, 2.05) is 38.0 Å². The van der Waals surface area contributed by atoms with Gasteiger partial charge >= 0.3 is 51.4 Å². The van der Waals surface area contributed by atoms with E-state index >= 15 is 0 Å². The van der Waals surface area contributed by atoms with Gasteiger partial charge in [-0.2, -0.15) is 0 Å². The molecule has 2 nitrogen and oxygen atoms in total. The zero-order valence-electron chi connectivity index (χ0n) is 7.53. The molecule has 0 rings (SSSR count). The van der Waals surface area contributed by atoms with Gasteiger partial charge in [-0.15, -0.1) is 0 Å². The minimum atomic E-state index is 0. The maximum absolute atomic E-state index is 5.07. The van der Waals surface area contributed by atoms with Crippen LogP contribution in [0.2, 0.25) is 0 Å². The maximum atomic E-state index is 5.07. The van der Waals surface area contributed by atoms with Crippen LogP contribution in [0.4, 0.5) is 0 Å². The van der Waals surface area contributed by atoms with Gasteiger partial charge in [-0.05, 0) is 21.6 Å². The normalized spacial score (nSPS) is 8.62. The fourth-order valence-electron chi connectivity index (χ4n) is 0.220. The third-order valence-electron chi connectivity index (χ3n) is 0.915. The molecule has 13 heavy (non-hydrogen) atoms. The fourth-order valence-corrected chi connectivity index (χ4v) is 2.60. The Morgan fingerprint density at radius 3 is 1.23 bits per heavy atom. The van der Waals surface area contributed by atoms with Crippen LogP contribution in [0.25, 0.3) is 0 Å². The molecule has 0 bridgehead atoms. The third-order valence-corrected chi connectivity index (χ3v) is 5.07. The zero-order chi connectivity index (χ0) is 9.72. The van der Waals surface area contributed by atoms with Crippen LogP contribution in [0.1, 0.15) is 0 Å². The van der Waals surface area contributed by atoms with Crippen LogP contribution in [0, 0.1) is 0 Å². The second-order valence-electron chi connectivity index (χ2n) is 2.49. The molecule has 0 saturated heterocycles. The molecule has 0 saturated carbocycles. The number of nitrogens with zero attached hydrogens (tertiary/aromatic N) is 2. The predicted molar refractivity (Wildman–Crippen MR) is 74.9 cm³/mol. The molecule has 0 aromatic carbocycles. The Bertz CT molecular complexity index is 163. The van der Waals surface area contributed by atoms with Crippen molar-refractivity contribution in [2.45, 2.75) is 0 Å². The van der Waals surface area contributed by atoms with E-state index in [-0.39, 0.29) is 51.4 Å². The van der Waals surface area contributed by atoms with Gasteiger partial charge in [0.25, 0.3) is 0 Å². The summed E-state index contributed by atoms with van der Waals surface area (Å²) >= 11 is 10.1. The van der Waals surface area contributed by atoms with Crippen molar-refractivity contribution in [3.8, 4) is 0 Å². The monoisotopic (exact) mass is 280 g/mol. The number of hydrogen-bond donors (Lipinski definition) is 0. The molecule has 0 aromatic rings. The van der Waals surface area contributed by atoms with Gasteiger partial charge in [0.2, 0.25) is 0 Å². The SMILES string of the molecule is CN(C)C(=S)SSC(=S)N(C)C.[KH]. The van der Waals surface area contributed by atoms with Crippen LogP contribution in [0.15, 0.2) is 0 Å². The van der Waals surface area contributed by atoms with Crippen molar-refractivity contribution in [2.75, 3.05) is 28.2 Å². The first-order valence-corrected chi connectivity index (χ1v) is 6.19. The molecule has 0 radical (unpaired) electrons. The van der Waals surface area contributed by atoms with E-state index in [0.717, 1.165) is 8.64 Å². The Morgan fingerprint density at radius 1 is 0.846 bits per heavy atom. The molecular weight excluding hydrogens is 267 g/mol. The van der Waals surface area contributed by atoms with Gasteiger partial charge in [0, 0.05) is 28.2 Å². The molecule has 0 aliphatic rings. The third kappa shape index (κ3) is 9.07. The summed E-state index contributed by atoms with van der Waals surface area (Å²) in [5.41, 5.74) is 0. The molecule has 0 heterocycles. The second-order valence-corrected chi connectivity index (χ2v) is 5.88. The summed E-state index contributed by atoms with van der Waals surface area (Å²) in [7, 11) is 10.7. The summed E-state index contributed by atoms with van der Waals surface area (Å²) in [6.07, 6.45) is 0. The summed E-state index contributed by atoms with van der Waals surface area (Å²) in [5, 5.41) is 0. The van der Waals surface area contributed by atoms with Crippen molar-refractivity contribution in [1.29, 1.82) is 0 Å². The van der Waals surface area contributed by atoms with Crippen molar-refractivity contribution in [1.82, 2.24) is 9.80 Å². The van der Waals surface area contributed by atoms with Crippen molar-refractivity contribution in [3.05, 3.63) is 0 Å². The molecule has 0 spiro atoms. The van der Waals surface area contributed by atoms with Gasteiger partial charge in [0.05, 0.1) is 0 Å². The first kappa shape index (κ1) is 17.5. The van der Waals surface area contributed by atoms with Crippen LogP contribution < -0.4 is 0 Å². The Hall–Kier alpha value is 2.12. The quantitative estimate of drug-likeness (QED) is 0.373. The first-order valence-electron chi connectivity index (χ1n) is 3.22. The zero-order valence-corrected chi connectivity index (χ0v) is 10.8. The molecular formula is C6H13KN2S4. The van der Waals surface area contributed by atoms with E-state index < -0.39 is 0 Å². The van der Waals surface area contributed by atoms with Gasteiger partial charge in [0.1, 0.15) is 8.64 Å². The molecule has 0 atom stereocenters. The summed E-state index contributed by atoms with van der Waals surface area (Å²) in [6.45, 7) is 0. The standard InChI is InChI=1S/C6H12N2S4.K.H/c1-7(2)5(9)11-12-6(10)8(3)4;;/h1-4H3;;. The number of thiocarbonyl (C=S) groups is 2. The number of rotatable bonds is 0. The molecule has 72 valence electrons. The van der Waals surface area contributed by atoms with Crippen molar-refractivity contribution in [3.63, 3.8) is 0 Å². The van der Waals surface area contributed by atoms with Gasteiger partial charge < -0.3 is 9.80 Å². The summed E-state index contributed by atoms with van der Waals surface area (Å²) in [5.74, 6) is 0. The van der Waals surface area contributed by atoms with Gasteiger partial charge in [0.15, 0.2) is 0 Å². The summed E-state index contributed by atoms with van der Waals surface area (Å²) < 4.78 is 1.67. The van der Waals surface area contributed by atoms with Crippen molar-refractivity contribution >= 4 is 106 Å². The van der Waals surface area contributed by atoms with Gasteiger partial charge in [-0.1, -0.05) is 24.4 Å². The van der Waals surface area contributed by atoms with Crippen LogP contribution in [-0.2, 0) is 0 Å². The van der Waals surface area contributed by atoms with Gasteiger partial charge in [-0.3, -0.25) is 0 Å². The average Bonchev–Trinajstić information content (AvgIpc) is 1.98. The molecule has 0 unspecified atom stereocenters. The van der Waals surface area contributed by atoms with E-state index in [1.54, 1.807) is 0 Å². The van der Waals surface area contributed by atoms with E-state index in [1.165, 1.54) is 21.6 Å². The molecule has 0 fully saturated rings. The van der Waals surface area contributed by atoms with Crippen LogP contribution in [-0.4, -0.2) is 98.0 Å². The van der Waals surface area contributed by atoms with Crippen molar-refractivity contribution in [2.24, 2.45) is 0 Å². The Labute approximate surface area is 141 Å². The average molecular weight is 281 g/mol. The minimum absolute atomic E-state index is 0.